The average Bonchev–Trinajstić information content (AvgIpc) is 3.29. The third-order valence-electron chi connectivity index (χ3n) is 5.48. The number of Topliss-reactive ketones (excluding diaryl/α,β-unsaturated/α-hetero) is 1. The van der Waals surface area contributed by atoms with Crippen LogP contribution in [-0.2, 0) is 13.7 Å². The van der Waals surface area contributed by atoms with Crippen molar-refractivity contribution in [1.29, 1.82) is 0 Å². The second-order valence-corrected chi connectivity index (χ2v) is 7.54. The van der Waals surface area contributed by atoms with E-state index in [4.69, 9.17) is 9.47 Å². The van der Waals surface area contributed by atoms with Gasteiger partial charge in [0.1, 0.15) is 18.1 Å². The van der Waals surface area contributed by atoms with Crippen molar-refractivity contribution < 1.29 is 14.3 Å². The normalized spacial score (nSPS) is 14.0. The Bertz CT molecular complexity index is 1340. The largest absolute Gasteiger partial charge is 0.489 e. The summed E-state index contributed by atoms with van der Waals surface area (Å²) in [5, 5.41) is 1.08. The van der Waals surface area contributed by atoms with Gasteiger partial charge in [0.2, 0.25) is 5.78 Å². The number of rotatable bonds is 5. The minimum Gasteiger partial charge on any atom is -0.489 e. The fraction of sp³-hybridized carbons (Fsp3) is 0.0741. The fourth-order valence-corrected chi connectivity index (χ4v) is 3.80. The summed E-state index contributed by atoms with van der Waals surface area (Å²) in [6.07, 6.45) is 5.62. The van der Waals surface area contributed by atoms with Crippen LogP contribution in [0.4, 0.5) is 0 Å². The van der Waals surface area contributed by atoms with Crippen LogP contribution in [0.15, 0.2) is 85.3 Å². The fourth-order valence-electron chi connectivity index (χ4n) is 3.80. The number of carbonyl (C=O) groups is 1. The van der Waals surface area contributed by atoms with Gasteiger partial charge in [-0.2, -0.15) is 0 Å². The second-order valence-electron chi connectivity index (χ2n) is 7.54. The lowest BCUT2D eigenvalue weighted by Crippen LogP contribution is -1.97. The summed E-state index contributed by atoms with van der Waals surface area (Å²) in [7, 11) is 1.99. The molecule has 2 heterocycles. The first kappa shape index (κ1) is 18.9. The molecule has 1 aromatic heterocycles. The van der Waals surface area contributed by atoms with Crippen LogP contribution in [0.25, 0.3) is 23.1 Å². The lowest BCUT2D eigenvalue weighted by atomic mass is 10.1. The van der Waals surface area contributed by atoms with E-state index in [2.05, 4.69) is 12.6 Å². The van der Waals surface area contributed by atoms with Gasteiger partial charge in [0.15, 0.2) is 5.76 Å². The van der Waals surface area contributed by atoms with E-state index in [0.717, 1.165) is 27.6 Å². The number of carbonyl (C=O) groups excluding carboxylic acids is 1. The summed E-state index contributed by atoms with van der Waals surface area (Å²) in [6, 6.07) is 21.4. The number of para-hydroxylation sites is 1. The van der Waals surface area contributed by atoms with Gasteiger partial charge >= 0.3 is 0 Å². The Kier molecular flexibility index (Phi) is 4.68. The van der Waals surface area contributed by atoms with Crippen molar-refractivity contribution in [2.24, 2.45) is 7.05 Å². The highest BCUT2D eigenvalue weighted by atomic mass is 16.5. The van der Waals surface area contributed by atoms with Crippen molar-refractivity contribution in [3.05, 3.63) is 108 Å². The first-order valence-electron chi connectivity index (χ1n) is 10.1. The number of nitrogens with zero attached hydrogens (tertiary/aromatic N) is 1. The van der Waals surface area contributed by atoms with E-state index in [1.807, 2.05) is 72.4 Å². The third kappa shape index (κ3) is 3.53. The molecule has 152 valence electrons. The monoisotopic (exact) mass is 407 g/mol. The van der Waals surface area contributed by atoms with E-state index >= 15 is 0 Å². The number of fused-ring (bicyclic) bond motifs is 2. The van der Waals surface area contributed by atoms with E-state index in [1.54, 1.807) is 18.2 Å². The summed E-state index contributed by atoms with van der Waals surface area (Å²) >= 11 is 0. The molecule has 0 amide bonds. The highest BCUT2D eigenvalue weighted by molar-refractivity contribution is 6.15. The van der Waals surface area contributed by atoms with E-state index in [0.29, 0.717) is 29.4 Å². The second kappa shape index (κ2) is 7.65. The minimum absolute atomic E-state index is 0.116. The SMILES string of the molecule is C=Cc1ccc(COc2ccc3c(c2)O/C(=C\c2cn(C)c4ccccc24)C3=O)cc1. The van der Waals surface area contributed by atoms with Gasteiger partial charge in [-0.05, 0) is 35.4 Å². The first-order valence-corrected chi connectivity index (χ1v) is 10.1. The molecule has 4 heteroatoms. The Morgan fingerprint density at radius 1 is 1.06 bits per heavy atom. The minimum atomic E-state index is -0.116. The zero-order valence-electron chi connectivity index (χ0n) is 17.2. The molecule has 0 radical (unpaired) electrons. The van der Waals surface area contributed by atoms with Crippen LogP contribution in [0, 0.1) is 0 Å². The predicted octanol–water partition coefficient (Wildman–Crippen LogP) is 6.02. The molecular weight excluding hydrogens is 386 g/mol. The van der Waals surface area contributed by atoms with Gasteiger partial charge in [0.05, 0.1) is 5.56 Å². The van der Waals surface area contributed by atoms with Crippen LogP contribution in [0.3, 0.4) is 0 Å². The van der Waals surface area contributed by atoms with Gasteiger partial charge in [0.25, 0.3) is 0 Å². The number of ether oxygens (including phenoxy) is 2. The van der Waals surface area contributed by atoms with Crippen LogP contribution in [-0.4, -0.2) is 10.4 Å². The van der Waals surface area contributed by atoms with Gasteiger partial charge in [0, 0.05) is 35.8 Å². The molecule has 1 aliphatic heterocycles. The maximum atomic E-state index is 12.8. The molecule has 0 saturated carbocycles. The Labute approximate surface area is 180 Å². The molecular formula is C27H21NO3. The van der Waals surface area contributed by atoms with E-state index in [-0.39, 0.29) is 5.78 Å². The zero-order valence-corrected chi connectivity index (χ0v) is 17.2. The van der Waals surface area contributed by atoms with Crippen LogP contribution in [0.5, 0.6) is 11.5 Å². The Balaban J connectivity index is 1.37. The summed E-state index contributed by atoms with van der Waals surface area (Å²) < 4.78 is 13.9. The average molecular weight is 407 g/mol. The number of allylic oxidation sites excluding steroid dienone is 1. The van der Waals surface area contributed by atoms with Crippen LogP contribution >= 0.6 is 0 Å². The Morgan fingerprint density at radius 3 is 2.68 bits per heavy atom. The molecule has 0 aliphatic carbocycles. The van der Waals surface area contributed by atoms with Crippen LogP contribution < -0.4 is 9.47 Å². The van der Waals surface area contributed by atoms with Crippen LogP contribution in [0.2, 0.25) is 0 Å². The van der Waals surface area contributed by atoms with Crippen molar-refractivity contribution >= 4 is 28.8 Å². The number of ketones is 1. The number of aromatic nitrogens is 1. The zero-order chi connectivity index (χ0) is 21.4. The van der Waals surface area contributed by atoms with Gasteiger partial charge in [-0.1, -0.05) is 55.1 Å². The van der Waals surface area contributed by atoms with Gasteiger partial charge in [-0.25, -0.2) is 0 Å². The molecule has 0 unspecified atom stereocenters. The Morgan fingerprint density at radius 2 is 1.87 bits per heavy atom. The molecule has 0 spiro atoms. The lowest BCUT2D eigenvalue weighted by molar-refractivity contribution is 0.101. The van der Waals surface area contributed by atoms with Gasteiger partial charge in [-0.15, -0.1) is 0 Å². The summed E-state index contributed by atoms with van der Waals surface area (Å²) in [6.45, 7) is 4.20. The van der Waals surface area contributed by atoms with Crippen molar-refractivity contribution in [3.8, 4) is 11.5 Å². The van der Waals surface area contributed by atoms with Gasteiger partial charge < -0.3 is 14.0 Å². The molecule has 0 N–H and O–H groups in total. The number of benzene rings is 3. The maximum absolute atomic E-state index is 12.8. The molecule has 4 nitrogen and oxygen atoms in total. The molecule has 1 aliphatic rings. The van der Waals surface area contributed by atoms with Crippen molar-refractivity contribution in [2.75, 3.05) is 0 Å². The highest BCUT2D eigenvalue weighted by Gasteiger charge is 2.28. The van der Waals surface area contributed by atoms with E-state index < -0.39 is 0 Å². The van der Waals surface area contributed by atoms with Gasteiger partial charge in [-0.3, -0.25) is 4.79 Å². The smallest absolute Gasteiger partial charge is 0.231 e. The lowest BCUT2D eigenvalue weighted by Gasteiger charge is -2.07. The van der Waals surface area contributed by atoms with E-state index in [9.17, 15) is 4.79 Å². The molecule has 4 aromatic rings. The topological polar surface area (TPSA) is 40.5 Å². The standard InChI is InChI=1S/C27H21NO3/c1-3-18-8-10-19(11-9-18)17-30-21-12-13-23-25(15-21)31-26(27(23)29)14-20-16-28(2)24-7-5-4-6-22(20)24/h3-16H,1,17H2,2H3/b26-14-. The van der Waals surface area contributed by atoms with Crippen molar-refractivity contribution in [2.45, 2.75) is 6.61 Å². The first-order chi connectivity index (χ1) is 15.1. The maximum Gasteiger partial charge on any atom is 0.231 e. The highest BCUT2D eigenvalue weighted by Crippen LogP contribution is 2.36. The van der Waals surface area contributed by atoms with E-state index in [1.165, 1.54) is 0 Å². The molecule has 0 fully saturated rings. The molecule has 0 bridgehead atoms. The van der Waals surface area contributed by atoms with Crippen LogP contribution in [0.1, 0.15) is 27.0 Å². The number of hydrogen-bond donors (Lipinski definition) is 0. The number of hydrogen-bond acceptors (Lipinski definition) is 3. The van der Waals surface area contributed by atoms with Crippen molar-refractivity contribution in [3.63, 3.8) is 0 Å². The summed E-state index contributed by atoms with van der Waals surface area (Å²) in [4.78, 5) is 12.8. The molecule has 31 heavy (non-hydrogen) atoms. The van der Waals surface area contributed by atoms with Crippen molar-refractivity contribution in [1.82, 2.24) is 4.57 Å². The predicted molar refractivity (Wildman–Crippen MR) is 123 cm³/mol. The molecule has 5 rings (SSSR count). The quantitative estimate of drug-likeness (QED) is 0.380. The molecule has 3 aromatic carbocycles. The molecule has 0 atom stereocenters. The molecule has 0 saturated heterocycles. The summed E-state index contributed by atoms with van der Waals surface area (Å²) in [5.74, 6) is 1.39. The summed E-state index contributed by atoms with van der Waals surface area (Å²) in [5.41, 5.74) is 4.73. The Hall–Kier alpha value is -4.05. The third-order valence-corrected chi connectivity index (χ3v) is 5.48. The number of aryl methyl sites for hydroxylation is 1.